The van der Waals surface area contributed by atoms with E-state index in [-0.39, 0.29) is 11.6 Å². The Balaban J connectivity index is 1.96. The van der Waals surface area contributed by atoms with Gasteiger partial charge in [-0.1, -0.05) is 29.8 Å². The van der Waals surface area contributed by atoms with Crippen LogP contribution in [0.3, 0.4) is 0 Å². The molecule has 2 aromatic carbocycles. The summed E-state index contributed by atoms with van der Waals surface area (Å²) in [6, 6.07) is 13.0. The van der Waals surface area contributed by atoms with Gasteiger partial charge >= 0.3 is 0 Å². The van der Waals surface area contributed by atoms with Gasteiger partial charge < -0.3 is 16.0 Å². The molecule has 3 rings (SSSR count). The van der Waals surface area contributed by atoms with Crippen LogP contribution in [0.1, 0.15) is 24.1 Å². The molecule has 1 atom stereocenters. The summed E-state index contributed by atoms with van der Waals surface area (Å²) in [4.78, 5) is 23.6. The van der Waals surface area contributed by atoms with Gasteiger partial charge in [-0.3, -0.25) is 14.9 Å². The lowest BCUT2D eigenvalue weighted by molar-refractivity contribution is -0.384. The van der Waals surface area contributed by atoms with Gasteiger partial charge in [-0.05, 0) is 43.8 Å². The Morgan fingerprint density at radius 1 is 1.19 bits per heavy atom. The van der Waals surface area contributed by atoms with Gasteiger partial charge in [-0.15, -0.1) is 0 Å². The molecule has 0 fully saturated rings. The van der Waals surface area contributed by atoms with Gasteiger partial charge in [0.1, 0.15) is 0 Å². The first-order valence-electron chi connectivity index (χ1n) is 8.26. The third-order valence-electron chi connectivity index (χ3n) is 4.24. The SMILES string of the molecule is CC1=C(C(=O)Nc2ccc(C)cc2)C(c2cccc([N+](=O)[O-])c2)NC(=S)N1. The van der Waals surface area contributed by atoms with Gasteiger partial charge in [0.25, 0.3) is 11.6 Å². The maximum atomic E-state index is 12.9. The first-order valence-corrected chi connectivity index (χ1v) is 8.66. The second kappa shape index (κ2) is 7.55. The number of hydrogen-bond donors (Lipinski definition) is 3. The second-order valence-electron chi connectivity index (χ2n) is 6.24. The minimum Gasteiger partial charge on any atom is -0.351 e. The maximum Gasteiger partial charge on any atom is 0.269 e. The third-order valence-corrected chi connectivity index (χ3v) is 4.46. The zero-order valence-electron chi connectivity index (χ0n) is 14.8. The molecule has 1 aliphatic rings. The second-order valence-corrected chi connectivity index (χ2v) is 6.65. The molecule has 8 heteroatoms. The molecule has 0 aliphatic carbocycles. The number of rotatable bonds is 4. The van der Waals surface area contributed by atoms with Crippen LogP contribution in [0.25, 0.3) is 0 Å². The molecule has 0 bridgehead atoms. The molecule has 1 aliphatic heterocycles. The summed E-state index contributed by atoms with van der Waals surface area (Å²) in [5.41, 5.74) is 3.31. The minimum atomic E-state index is -0.593. The summed E-state index contributed by atoms with van der Waals surface area (Å²) in [6.07, 6.45) is 0. The van der Waals surface area contributed by atoms with Crippen LogP contribution < -0.4 is 16.0 Å². The number of carbonyl (C=O) groups excluding carboxylic acids is 1. The number of nitro benzene ring substituents is 1. The van der Waals surface area contributed by atoms with Gasteiger partial charge in [-0.25, -0.2) is 0 Å². The number of nitro groups is 1. The van der Waals surface area contributed by atoms with Crippen LogP contribution in [-0.4, -0.2) is 15.9 Å². The van der Waals surface area contributed by atoms with Gasteiger partial charge in [0, 0.05) is 23.5 Å². The van der Waals surface area contributed by atoms with Crippen molar-refractivity contribution >= 4 is 34.6 Å². The molecule has 0 saturated heterocycles. The van der Waals surface area contributed by atoms with Crippen molar-refractivity contribution in [1.82, 2.24) is 10.6 Å². The topological polar surface area (TPSA) is 96.3 Å². The molecular weight excluding hydrogens is 364 g/mol. The molecule has 0 radical (unpaired) electrons. The quantitative estimate of drug-likeness (QED) is 0.426. The van der Waals surface area contributed by atoms with Gasteiger partial charge in [0.15, 0.2) is 5.11 Å². The average molecular weight is 382 g/mol. The Bertz CT molecular complexity index is 954. The number of thiocarbonyl (C=S) groups is 1. The molecule has 1 unspecified atom stereocenters. The first kappa shape index (κ1) is 18.5. The molecule has 2 aromatic rings. The predicted molar refractivity (Wildman–Crippen MR) is 107 cm³/mol. The van der Waals surface area contributed by atoms with Crippen LogP contribution in [0.4, 0.5) is 11.4 Å². The zero-order chi connectivity index (χ0) is 19.6. The van der Waals surface area contributed by atoms with Crippen molar-refractivity contribution in [1.29, 1.82) is 0 Å². The number of allylic oxidation sites excluding steroid dienone is 1. The van der Waals surface area contributed by atoms with Crippen molar-refractivity contribution in [3.8, 4) is 0 Å². The fourth-order valence-electron chi connectivity index (χ4n) is 2.90. The maximum absolute atomic E-state index is 12.9. The standard InChI is InChI=1S/C19H18N4O3S/c1-11-6-8-14(9-7-11)21-18(24)16-12(2)20-19(27)22-17(16)13-4-3-5-15(10-13)23(25)26/h3-10,17H,1-2H3,(H,21,24)(H2,20,22,27). The van der Waals surface area contributed by atoms with Crippen molar-refractivity contribution < 1.29 is 9.72 Å². The molecule has 0 spiro atoms. The summed E-state index contributed by atoms with van der Waals surface area (Å²) in [7, 11) is 0. The van der Waals surface area contributed by atoms with Crippen LogP contribution in [0.15, 0.2) is 59.8 Å². The Hall–Kier alpha value is -3.26. The highest BCUT2D eigenvalue weighted by Crippen LogP contribution is 2.29. The van der Waals surface area contributed by atoms with E-state index in [4.69, 9.17) is 12.2 Å². The van der Waals surface area contributed by atoms with E-state index in [2.05, 4.69) is 16.0 Å². The molecule has 3 N–H and O–H groups in total. The van der Waals surface area contributed by atoms with Gasteiger partial charge in [0.05, 0.1) is 16.5 Å². The van der Waals surface area contributed by atoms with Crippen molar-refractivity contribution in [2.45, 2.75) is 19.9 Å². The lowest BCUT2D eigenvalue weighted by Gasteiger charge is -2.30. The molecule has 1 amide bonds. The van der Waals surface area contributed by atoms with E-state index in [0.29, 0.717) is 27.6 Å². The van der Waals surface area contributed by atoms with E-state index in [1.54, 1.807) is 19.1 Å². The molecule has 138 valence electrons. The smallest absolute Gasteiger partial charge is 0.269 e. The predicted octanol–water partition coefficient (Wildman–Crippen LogP) is 3.33. The van der Waals surface area contributed by atoms with Crippen LogP contribution in [0.5, 0.6) is 0 Å². The fraction of sp³-hybridized carbons (Fsp3) is 0.158. The number of anilines is 1. The Morgan fingerprint density at radius 2 is 1.89 bits per heavy atom. The molecule has 1 heterocycles. The summed E-state index contributed by atoms with van der Waals surface area (Å²) in [5, 5.41) is 20.3. The average Bonchev–Trinajstić information content (AvgIpc) is 2.63. The normalized spacial score (nSPS) is 16.4. The lowest BCUT2D eigenvalue weighted by atomic mass is 9.94. The number of amides is 1. The lowest BCUT2D eigenvalue weighted by Crippen LogP contribution is -2.45. The molecule has 0 aromatic heterocycles. The number of non-ortho nitro benzene ring substituents is 1. The van der Waals surface area contributed by atoms with Crippen LogP contribution in [-0.2, 0) is 4.79 Å². The summed E-state index contributed by atoms with van der Waals surface area (Å²) in [6.45, 7) is 3.72. The monoisotopic (exact) mass is 382 g/mol. The number of nitrogens with one attached hydrogen (secondary N) is 3. The Kier molecular flexibility index (Phi) is 5.18. The Labute approximate surface area is 161 Å². The van der Waals surface area contributed by atoms with Crippen LogP contribution >= 0.6 is 12.2 Å². The summed E-state index contributed by atoms with van der Waals surface area (Å²) in [5.74, 6) is -0.310. The number of benzene rings is 2. The van der Waals surface area contributed by atoms with Crippen molar-refractivity contribution in [2.24, 2.45) is 0 Å². The van der Waals surface area contributed by atoms with Crippen LogP contribution in [0.2, 0.25) is 0 Å². The summed E-state index contributed by atoms with van der Waals surface area (Å²) < 4.78 is 0. The number of nitrogens with zero attached hydrogens (tertiary/aromatic N) is 1. The highest BCUT2D eigenvalue weighted by atomic mass is 32.1. The molecule has 7 nitrogen and oxygen atoms in total. The minimum absolute atomic E-state index is 0.0466. The highest BCUT2D eigenvalue weighted by Gasteiger charge is 2.30. The van der Waals surface area contributed by atoms with E-state index >= 15 is 0 Å². The van der Waals surface area contributed by atoms with Gasteiger partial charge in [-0.2, -0.15) is 0 Å². The van der Waals surface area contributed by atoms with E-state index in [1.807, 2.05) is 31.2 Å². The van der Waals surface area contributed by atoms with E-state index in [9.17, 15) is 14.9 Å². The number of carbonyl (C=O) groups is 1. The zero-order valence-corrected chi connectivity index (χ0v) is 15.6. The number of hydrogen-bond acceptors (Lipinski definition) is 4. The van der Waals surface area contributed by atoms with E-state index in [0.717, 1.165) is 5.56 Å². The summed E-state index contributed by atoms with van der Waals surface area (Å²) >= 11 is 5.21. The van der Waals surface area contributed by atoms with Gasteiger partial charge in [0.2, 0.25) is 0 Å². The Morgan fingerprint density at radius 3 is 2.56 bits per heavy atom. The van der Waals surface area contributed by atoms with Crippen molar-refractivity contribution in [2.75, 3.05) is 5.32 Å². The molecule has 27 heavy (non-hydrogen) atoms. The number of aryl methyl sites for hydroxylation is 1. The fourth-order valence-corrected chi connectivity index (χ4v) is 3.17. The van der Waals surface area contributed by atoms with E-state index < -0.39 is 11.0 Å². The van der Waals surface area contributed by atoms with Crippen molar-refractivity contribution in [3.63, 3.8) is 0 Å². The highest BCUT2D eigenvalue weighted by molar-refractivity contribution is 7.80. The first-order chi connectivity index (χ1) is 12.8. The van der Waals surface area contributed by atoms with Crippen LogP contribution in [0, 0.1) is 17.0 Å². The van der Waals surface area contributed by atoms with Crippen molar-refractivity contribution in [3.05, 3.63) is 81.0 Å². The largest absolute Gasteiger partial charge is 0.351 e. The van der Waals surface area contributed by atoms with E-state index in [1.165, 1.54) is 12.1 Å². The third kappa shape index (κ3) is 4.12. The molecular formula is C19H18N4O3S. The molecule has 0 saturated carbocycles.